The number of pyridine rings is 2. The molecule has 0 saturated carbocycles. The number of ether oxygens (including phenoxy) is 2. The Morgan fingerprint density at radius 2 is 1.94 bits per heavy atom. The third kappa shape index (κ3) is 5.25. The van der Waals surface area contributed by atoms with Crippen LogP contribution in [0, 0.1) is 5.41 Å². The highest BCUT2D eigenvalue weighted by Crippen LogP contribution is 2.13. The number of aromatic nitrogens is 3. The van der Waals surface area contributed by atoms with Crippen molar-refractivity contribution in [3.8, 4) is 5.75 Å². The summed E-state index contributed by atoms with van der Waals surface area (Å²) in [6.45, 7) is 5.07. The minimum absolute atomic E-state index is 0.00135. The molecule has 0 spiro atoms. The molecule has 0 bridgehead atoms. The topological polar surface area (TPSA) is 111 Å². The lowest BCUT2D eigenvalue weighted by atomic mass is 10.1. The lowest BCUT2D eigenvalue weighted by Gasteiger charge is -2.15. The van der Waals surface area contributed by atoms with Gasteiger partial charge < -0.3 is 19.4 Å². The van der Waals surface area contributed by atoms with E-state index < -0.39 is 5.91 Å². The summed E-state index contributed by atoms with van der Waals surface area (Å²) in [6.07, 6.45) is 2.34. The van der Waals surface area contributed by atoms with Gasteiger partial charge in [-0.05, 0) is 56.2 Å². The largest absolute Gasteiger partial charge is 0.497 e. The molecule has 9 heteroatoms. The van der Waals surface area contributed by atoms with Gasteiger partial charge in [0.1, 0.15) is 22.5 Å². The summed E-state index contributed by atoms with van der Waals surface area (Å²) in [5.74, 6) is 0.295. The number of fused-ring (bicyclic) bond motifs is 2. The summed E-state index contributed by atoms with van der Waals surface area (Å²) >= 11 is 0. The van der Waals surface area contributed by atoms with Crippen LogP contribution < -0.4 is 21.1 Å². The highest BCUT2D eigenvalue weighted by Gasteiger charge is 2.17. The van der Waals surface area contributed by atoms with Crippen LogP contribution >= 0.6 is 0 Å². The van der Waals surface area contributed by atoms with Crippen molar-refractivity contribution in [2.45, 2.75) is 39.5 Å². The zero-order valence-electron chi connectivity index (χ0n) is 20.1. The fourth-order valence-corrected chi connectivity index (χ4v) is 3.84. The lowest BCUT2D eigenvalue weighted by Crippen LogP contribution is -2.35. The Balaban J connectivity index is 1.72. The average Bonchev–Trinajstić information content (AvgIpc) is 2.86. The minimum atomic E-state index is -0.433. The van der Waals surface area contributed by atoms with Crippen molar-refractivity contribution in [3.05, 3.63) is 81.7 Å². The van der Waals surface area contributed by atoms with Crippen LogP contribution in [0.4, 0.5) is 0 Å². The summed E-state index contributed by atoms with van der Waals surface area (Å²) in [5, 5.41) is 11.9. The van der Waals surface area contributed by atoms with Gasteiger partial charge in [0.05, 0.1) is 24.2 Å². The number of hydrogen-bond acceptors (Lipinski definition) is 6. The molecule has 1 amide bonds. The first-order valence-corrected chi connectivity index (χ1v) is 11.5. The van der Waals surface area contributed by atoms with E-state index >= 15 is 0 Å². The molecule has 0 unspecified atom stereocenters. The number of rotatable bonds is 9. The molecule has 182 valence electrons. The highest BCUT2D eigenvalue weighted by molar-refractivity contribution is 5.96. The molecular formula is C26H29N5O4. The van der Waals surface area contributed by atoms with Gasteiger partial charge in [0.15, 0.2) is 0 Å². The maximum Gasteiger partial charge on any atom is 0.267 e. The van der Waals surface area contributed by atoms with Gasteiger partial charge in [-0.15, -0.1) is 0 Å². The fraction of sp³-hybridized carbons (Fsp3) is 0.308. The number of hydrogen-bond donors (Lipinski definition) is 2. The molecule has 1 aromatic carbocycles. The fourth-order valence-electron chi connectivity index (χ4n) is 3.84. The molecule has 0 aliphatic rings. The molecule has 0 atom stereocenters. The van der Waals surface area contributed by atoms with Crippen molar-refractivity contribution in [3.63, 3.8) is 0 Å². The Kier molecular flexibility index (Phi) is 7.26. The quantitative estimate of drug-likeness (QED) is 0.286. The van der Waals surface area contributed by atoms with E-state index in [1.807, 2.05) is 38.1 Å². The van der Waals surface area contributed by atoms with Crippen LogP contribution in [-0.2, 0) is 17.8 Å². The Labute approximate surface area is 202 Å². The van der Waals surface area contributed by atoms with E-state index in [0.29, 0.717) is 30.9 Å². The minimum Gasteiger partial charge on any atom is -0.497 e. The first-order valence-electron chi connectivity index (χ1n) is 11.5. The molecule has 0 saturated heterocycles. The second kappa shape index (κ2) is 10.5. The third-order valence-corrected chi connectivity index (χ3v) is 5.65. The van der Waals surface area contributed by atoms with E-state index in [4.69, 9.17) is 14.9 Å². The summed E-state index contributed by atoms with van der Waals surface area (Å²) in [7, 11) is 1.59. The van der Waals surface area contributed by atoms with Crippen molar-refractivity contribution in [2.24, 2.45) is 0 Å². The average molecular weight is 476 g/mol. The monoisotopic (exact) mass is 475 g/mol. The Morgan fingerprint density at radius 1 is 1.17 bits per heavy atom. The van der Waals surface area contributed by atoms with E-state index in [1.165, 1.54) is 10.5 Å². The van der Waals surface area contributed by atoms with E-state index in [1.54, 1.807) is 36.1 Å². The molecule has 2 N–H and O–H groups in total. The Morgan fingerprint density at radius 3 is 2.66 bits per heavy atom. The van der Waals surface area contributed by atoms with Gasteiger partial charge in [0.25, 0.3) is 11.5 Å². The number of methoxy groups -OCH3 is 1. The zero-order valence-corrected chi connectivity index (χ0v) is 20.1. The van der Waals surface area contributed by atoms with Gasteiger partial charge in [0, 0.05) is 25.9 Å². The number of aryl methyl sites for hydroxylation is 1. The molecule has 9 nitrogen and oxygen atoms in total. The van der Waals surface area contributed by atoms with E-state index in [-0.39, 0.29) is 34.6 Å². The first-order chi connectivity index (χ1) is 16.9. The van der Waals surface area contributed by atoms with Gasteiger partial charge in [-0.25, -0.2) is 4.98 Å². The second-order valence-electron chi connectivity index (χ2n) is 8.45. The normalized spacial score (nSPS) is 11.3. The van der Waals surface area contributed by atoms with Crippen molar-refractivity contribution >= 4 is 22.6 Å². The smallest absolute Gasteiger partial charge is 0.267 e. The van der Waals surface area contributed by atoms with Crippen LogP contribution in [0.5, 0.6) is 5.75 Å². The summed E-state index contributed by atoms with van der Waals surface area (Å²) in [6, 6.07) is 14.1. The summed E-state index contributed by atoms with van der Waals surface area (Å²) < 4.78 is 13.9. The molecule has 4 rings (SSSR count). The Hall–Kier alpha value is -3.98. The molecule has 35 heavy (non-hydrogen) atoms. The van der Waals surface area contributed by atoms with E-state index in [0.717, 1.165) is 11.3 Å². The van der Waals surface area contributed by atoms with Gasteiger partial charge in [-0.2, -0.15) is 0 Å². The molecular weight excluding hydrogens is 446 g/mol. The predicted octanol–water partition coefficient (Wildman–Crippen LogP) is 2.88. The maximum absolute atomic E-state index is 13.3. The van der Waals surface area contributed by atoms with Gasteiger partial charge in [-0.1, -0.05) is 18.2 Å². The van der Waals surface area contributed by atoms with Crippen LogP contribution in [0.15, 0.2) is 59.5 Å². The number of nitrogens with one attached hydrogen (secondary N) is 2. The second-order valence-corrected chi connectivity index (χ2v) is 8.45. The van der Waals surface area contributed by atoms with Gasteiger partial charge in [-0.3, -0.25) is 19.4 Å². The van der Waals surface area contributed by atoms with E-state index in [2.05, 4.69) is 10.3 Å². The van der Waals surface area contributed by atoms with Crippen LogP contribution in [-0.4, -0.2) is 39.7 Å². The summed E-state index contributed by atoms with van der Waals surface area (Å²) in [4.78, 5) is 31.0. The zero-order chi connectivity index (χ0) is 24.9. The third-order valence-electron chi connectivity index (χ3n) is 5.65. The molecule has 0 radical (unpaired) electrons. The lowest BCUT2D eigenvalue weighted by molar-refractivity contribution is 0.0748. The van der Waals surface area contributed by atoms with Crippen molar-refractivity contribution in [2.75, 3.05) is 13.7 Å². The van der Waals surface area contributed by atoms with Gasteiger partial charge >= 0.3 is 0 Å². The number of carbonyl (C=O) groups excluding carboxylic acids is 1. The van der Waals surface area contributed by atoms with E-state index in [9.17, 15) is 9.59 Å². The van der Waals surface area contributed by atoms with Crippen LogP contribution in [0.1, 0.15) is 36.2 Å². The molecule has 4 aromatic rings. The maximum atomic E-state index is 13.3. The first kappa shape index (κ1) is 24.2. The van der Waals surface area contributed by atoms with Crippen LogP contribution in [0.3, 0.4) is 0 Å². The summed E-state index contributed by atoms with van der Waals surface area (Å²) in [5.41, 5.74) is 1.57. The molecule has 3 heterocycles. The number of benzene rings is 1. The number of amides is 1. The van der Waals surface area contributed by atoms with Gasteiger partial charge in [0.2, 0.25) is 0 Å². The highest BCUT2D eigenvalue weighted by atomic mass is 16.5. The molecule has 0 aliphatic carbocycles. The number of nitrogens with zero attached hydrogens (tertiary/aromatic N) is 3. The van der Waals surface area contributed by atoms with Crippen molar-refractivity contribution < 1.29 is 14.3 Å². The molecule has 0 fully saturated rings. The SMILES string of the molecule is COc1ccc(CNC(=O)c2cc3c(=O)n4ccccc4nc3n(CCCOC(C)C)c2=N)cc1. The van der Waals surface area contributed by atoms with Crippen LogP contribution in [0.25, 0.3) is 16.7 Å². The van der Waals surface area contributed by atoms with Crippen molar-refractivity contribution in [1.82, 2.24) is 19.3 Å². The molecule has 3 aromatic heterocycles. The predicted molar refractivity (Wildman–Crippen MR) is 133 cm³/mol. The number of carbonyl (C=O) groups is 1. The molecule has 0 aliphatic heterocycles. The standard InChI is InChI=1S/C26H29N5O4/c1-17(2)35-14-6-13-31-23(27)20(25(32)28-16-18-8-10-19(34-3)11-9-18)15-21-24(31)29-22-7-4-5-12-30(22)26(21)33/h4-5,7-12,15,17,27H,6,13-14,16H2,1-3H3,(H,28,32). The van der Waals surface area contributed by atoms with Crippen LogP contribution in [0.2, 0.25) is 0 Å². The van der Waals surface area contributed by atoms with Crippen molar-refractivity contribution in [1.29, 1.82) is 5.41 Å². The Bertz CT molecular complexity index is 1470.